The van der Waals surface area contributed by atoms with Gasteiger partial charge >= 0.3 is 0 Å². The maximum absolute atomic E-state index is 12.1. The average Bonchev–Trinajstić information content (AvgIpc) is 2.60. The van der Waals surface area contributed by atoms with E-state index in [0.717, 1.165) is 37.1 Å². The van der Waals surface area contributed by atoms with E-state index < -0.39 is 6.04 Å². The Balaban J connectivity index is 2.33. The molecular formula is C14H20N2O. The molecule has 3 heteroatoms. The minimum absolute atomic E-state index is 0.0432. The molecule has 1 aromatic carbocycles. The first kappa shape index (κ1) is 12.1. The van der Waals surface area contributed by atoms with Gasteiger partial charge in [0, 0.05) is 17.8 Å². The number of hydrogen-bond donors (Lipinski definition) is 1. The Morgan fingerprint density at radius 1 is 1.35 bits per heavy atom. The molecule has 0 aromatic heterocycles. The van der Waals surface area contributed by atoms with E-state index in [4.69, 9.17) is 5.73 Å². The Morgan fingerprint density at radius 3 is 2.76 bits per heavy atom. The average molecular weight is 232 g/mol. The molecule has 1 amide bonds. The molecule has 0 spiro atoms. The highest BCUT2D eigenvalue weighted by Gasteiger charge is 2.34. The first-order chi connectivity index (χ1) is 8.19. The highest BCUT2D eigenvalue weighted by atomic mass is 16.2. The summed E-state index contributed by atoms with van der Waals surface area (Å²) in [6.07, 6.45) is 3.08. The number of rotatable bonds is 4. The van der Waals surface area contributed by atoms with Gasteiger partial charge in [0.2, 0.25) is 5.91 Å². The lowest BCUT2D eigenvalue weighted by Crippen LogP contribution is -2.32. The molecular weight excluding hydrogens is 212 g/mol. The van der Waals surface area contributed by atoms with Crippen LogP contribution in [-0.2, 0) is 11.2 Å². The molecule has 0 radical (unpaired) electrons. The second-order valence-corrected chi connectivity index (χ2v) is 4.57. The van der Waals surface area contributed by atoms with Crippen LogP contribution >= 0.6 is 0 Å². The summed E-state index contributed by atoms with van der Waals surface area (Å²) in [5.74, 6) is 0.0432. The van der Waals surface area contributed by atoms with Crippen LogP contribution in [0.15, 0.2) is 18.2 Å². The molecule has 1 atom stereocenters. The van der Waals surface area contributed by atoms with Crippen molar-refractivity contribution in [2.24, 2.45) is 5.73 Å². The molecule has 0 fully saturated rings. The number of aryl methyl sites for hydroxylation is 1. The molecule has 1 aliphatic heterocycles. The van der Waals surface area contributed by atoms with Crippen molar-refractivity contribution < 1.29 is 4.79 Å². The molecule has 1 aromatic rings. The maximum atomic E-state index is 12.1. The zero-order valence-corrected chi connectivity index (χ0v) is 10.6. The Morgan fingerprint density at radius 2 is 2.12 bits per heavy atom. The lowest BCUT2D eigenvalue weighted by molar-refractivity contribution is -0.119. The van der Waals surface area contributed by atoms with E-state index in [1.165, 1.54) is 5.56 Å². The molecule has 0 saturated heterocycles. The summed E-state index contributed by atoms with van der Waals surface area (Å²) in [6, 6.07) is 5.73. The van der Waals surface area contributed by atoms with Gasteiger partial charge in [0.05, 0.1) is 0 Å². The van der Waals surface area contributed by atoms with Crippen molar-refractivity contribution in [3.05, 3.63) is 29.3 Å². The summed E-state index contributed by atoms with van der Waals surface area (Å²) in [4.78, 5) is 13.9. The largest absolute Gasteiger partial charge is 0.316 e. The fourth-order valence-corrected chi connectivity index (χ4v) is 2.29. The van der Waals surface area contributed by atoms with Crippen molar-refractivity contribution in [1.29, 1.82) is 0 Å². The number of benzene rings is 1. The van der Waals surface area contributed by atoms with Crippen molar-refractivity contribution in [2.75, 3.05) is 11.4 Å². The Hall–Kier alpha value is -1.35. The third kappa shape index (κ3) is 2.07. The molecule has 1 heterocycles. The van der Waals surface area contributed by atoms with Gasteiger partial charge in [-0.3, -0.25) is 4.79 Å². The molecule has 17 heavy (non-hydrogen) atoms. The van der Waals surface area contributed by atoms with E-state index in [9.17, 15) is 4.79 Å². The number of unbranched alkanes of at least 4 members (excludes halogenated alkanes) is 1. The SMILES string of the molecule is CCCCN1C(=O)C(N)c2cc(CC)ccc21. The summed E-state index contributed by atoms with van der Waals surface area (Å²) in [7, 11) is 0. The van der Waals surface area contributed by atoms with E-state index in [-0.39, 0.29) is 5.91 Å². The minimum Gasteiger partial charge on any atom is -0.316 e. The van der Waals surface area contributed by atoms with Crippen LogP contribution in [0, 0.1) is 0 Å². The normalized spacial score (nSPS) is 18.6. The highest BCUT2D eigenvalue weighted by Crippen LogP contribution is 2.35. The first-order valence-corrected chi connectivity index (χ1v) is 6.38. The van der Waals surface area contributed by atoms with Crippen LogP contribution < -0.4 is 10.6 Å². The highest BCUT2D eigenvalue weighted by molar-refractivity contribution is 6.04. The summed E-state index contributed by atoms with van der Waals surface area (Å²) < 4.78 is 0. The van der Waals surface area contributed by atoms with Crippen LogP contribution in [0.3, 0.4) is 0 Å². The van der Waals surface area contributed by atoms with E-state index in [0.29, 0.717) is 0 Å². The summed E-state index contributed by atoms with van der Waals surface area (Å²) >= 11 is 0. The fourth-order valence-electron chi connectivity index (χ4n) is 2.29. The second-order valence-electron chi connectivity index (χ2n) is 4.57. The monoisotopic (exact) mass is 232 g/mol. The predicted octanol–water partition coefficient (Wildman–Crippen LogP) is 2.40. The number of anilines is 1. The maximum Gasteiger partial charge on any atom is 0.248 e. The van der Waals surface area contributed by atoms with Gasteiger partial charge in [0.25, 0.3) is 0 Å². The van der Waals surface area contributed by atoms with Gasteiger partial charge < -0.3 is 10.6 Å². The number of nitrogens with two attached hydrogens (primary N) is 1. The van der Waals surface area contributed by atoms with Crippen LogP contribution in [0.2, 0.25) is 0 Å². The van der Waals surface area contributed by atoms with Crippen LogP contribution in [0.25, 0.3) is 0 Å². The second kappa shape index (κ2) is 4.88. The van der Waals surface area contributed by atoms with Crippen molar-refractivity contribution in [2.45, 2.75) is 39.2 Å². The molecule has 3 nitrogen and oxygen atoms in total. The van der Waals surface area contributed by atoms with Crippen LogP contribution in [-0.4, -0.2) is 12.5 Å². The summed E-state index contributed by atoms with van der Waals surface area (Å²) in [5, 5.41) is 0. The lowest BCUT2D eigenvalue weighted by Gasteiger charge is -2.17. The fraction of sp³-hybridized carbons (Fsp3) is 0.500. The molecule has 1 aliphatic rings. The first-order valence-electron chi connectivity index (χ1n) is 6.38. The van der Waals surface area contributed by atoms with Gasteiger partial charge in [-0.05, 0) is 24.5 Å². The Labute approximate surface area is 103 Å². The van der Waals surface area contributed by atoms with Gasteiger partial charge in [-0.25, -0.2) is 0 Å². The lowest BCUT2D eigenvalue weighted by atomic mass is 10.0. The molecule has 92 valence electrons. The van der Waals surface area contributed by atoms with Crippen LogP contribution in [0.4, 0.5) is 5.69 Å². The Kier molecular flexibility index (Phi) is 3.48. The summed E-state index contributed by atoms with van der Waals surface area (Å²) in [6.45, 7) is 5.02. The third-order valence-corrected chi connectivity index (χ3v) is 3.39. The Bertz CT molecular complexity index is 428. The van der Waals surface area contributed by atoms with Crippen molar-refractivity contribution in [3.8, 4) is 0 Å². The van der Waals surface area contributed by atoms with Crippen molar-refractivity contribution >= 4 is 11.6 Å². The van der Waals surface area contributed by atoms with Gasteiger partial charge in [0.1, 0.15) is 6.04 Å². The number of nitrogens with zero attached hydrogens (tertiary/aromatic N) is 1. The third-order valence-electron chi connectivity index (χ3n) is 3.39. The van der Waals surface area contributed by atoms with Gasteiger partial charge in [-0.1, -0.05) is 32.4 Å². The van der Waals surface area contributed by atoms with Gasteiger partial charge in [-0.2, -0.15) is 0 Å². The molecule has 0 bridgehead atoms. The van der Waals surface area contributed by atoms with E-state index >= 15 is 0 Å². The van der Waals surface area contributed by atoms with Crippen molar-refractivity contribution in [1.82, 2.24) is 0 Å². The number of carbonyl (C=O) groups excluding carboxylic acids is 1. The van der Waals surface area contributed by atoms with Gasteiger partial charge in [0.15, 0.2) is 0 Å². The minimum atomic E-state index is -0.464. The molecule has 0 aliphatic carbocycles. The topological polar surface area (TPSA) is 46.3 Å². The zero-order valence-electron chi connectivity index (χ0n) is 10.6. The number of fused-ring (bicyclic) bond motifs is 1. The quantitative estimate of drug-likeness (QED) is 0.866. The predicted molar refractivity (Wildman–Crippen MR) is 70.0 cm³/mol. The number of amides is 1. The standard InChI is InChI=1S/C14H20N2O/c1-3-5-8-16-12-7-6-10(4-2)9-11(12)13(15)14(16)17/h6-7,9,13H,3-5,8,15H2,1-2H3. The smallest absolute Gasteiger partial charge is 0.248 e. The molecule has 2 N–H and O–H groups in total. The number of hydrogen-bond acceptors (Lipinski definition) is 2. The van der Waals surface area contributed by atoms with Crippen molar-refractivity contribution in [3.63, 3.8) is 0 Å². The van der Waals surface area contributed by atoms with Crippen LogP contribution in [0.1, 0.15) is 43.9 Å². The number of carbonyl (C=O) groups is 1. The molecule has 2 rings (SSSR count). The zero-order chi connectivity index (χ0) is 12.4. The van der Waals surface area contributed by atoms with E-state index in [2.05, 4.69) is 26.0 Å². The molecule has 0 saturated carbocycles. The van der Waals surface area contributed by atoms with Crippen LogP contribution in [0.5, 0.6) is 0 Å². The van der Waals surface area contributed by atoms with E-state index in [1.54, 1.807) is 0 Å². The molecule has 1 unspecified atom stereocenters. The van der Waals surface area contributed by atoms with Gasteiger partial charge in [-0.15, -0.1) is 0 Å². The summed E-state index contributed by atoms with van der Waals surface area (Å²) in [5.41, 5.74) is 9.22. The van der Waals surface area contributed by atoms with E-state index in [1.807, 2.05) is 11.0 Å².